The predicted molar refractivity (Wildman–Crippen MR) is 102 cm³/mol. The van der Waals surface area contributed by atoms with Crippen molar-refractivity contribution in [3.8, 4) is 11.1 Å². The molecule has 5 heteroatoms. The van der Waals surface area contributed by atoms with Gasteiger partial charge in [-0.2, -0.15) is 0 Å². The van der Waals surface area contributed by atoms with Gasteiger partial charge in [0.1, 0.15) is 5.69 Å². The van der Waals surface area contributed by atoms with Crippen LogP contribution in [0.3, 0.4) is 0 Å². The summed E-state index contributed by atoms with van der Waals surface area (Å²) in [6.07, 6.45) is 2.09. The molecule has 0 fully saturated rings. The minimum absolute atomic E-state index is 0.318. The van der Waals surface area contributed by atoms with Crippen LogP contribution in [0.1, 0.15) is 31.3 Å². The maximum absolute atomic E-state index is 12.0. The number of nitrogens with zero attached hydrogens (tertiary/aromatic N) is 2. The van der Waals surface area contributed by atoms with E-state index in [1.807, 2.05) is 24.6 Å². The molecule has 0 spiro atoms. The third-order valence-electron chi connectivity index (χ3n) is 4.57. The fraction of sp³-hybridized carbons (Fsp3) is 0.350. The number of hydrogen-bond donors (Lipinski definition) is 1. The summed E-state index contributed by atoms with van der Waals surface area (Å²) in [5, 5.41) is 0. The Labute approximate surface area is 148 Å². The van der Waals surface area contributed by atoms with Crippen LogP contribution in [0.25, 0.3) is 22.2 Å². The van der Waals surface area contributed by atoms with Gasteiger partial charge >= 0.3 is 5.97 Å². The van der Waals surface area contributed by atoms with Gasteiger partial charge in [-0.3, -0.25) is 0 Å². The molecule has 0 unspecified atom stereocenters. The Morgan fingerprint density at radius 1 is 1.16 bits per heavy atom. The number of fused-ring (bicyclic) bond motifs is 1. The maximum atomic E-state index is 12.0. The number of benzene rings is 1. The van der Waals surface area contributed by atoms with E-state index in [0.717, 1.165) is 35.2 Å². The summed E-state index contributed by atoms with van der Waals surface area (Å²) >= 11 is 0. The Balaban J connectivity index is 1.99. The number of aryl methyl sites for hydroxylation is 1. The molecule has 0 atom stereocenters. The smallest absolute Gasteiger partial charge is 0.354 e. The summed E-state index contributed by atoms with van der Waals surface area (Å²) < 4.78 is 7.12. The van der Waals surface area contributed by atoms with E-state index < -0.39 is 0 Å². The second-order valence-electron chi connectivity index (χ2n) is 6.04. The first-order valence-electron chi connectivity index (χ1n) is 8.79. The molecule has 0 aliphatic carbocycles. The number of anilines is 1. The van der Waals surface area contributed by atoms with E-state index in [9.17, 15) is 4.79 Å². The summed E-state index contributed by atoms with van der Waals surface area (Å²) in [6.45, 7) is 8.48. The molecule has 0 aliphatic heterocycles. The number of H-pyrrole nitrogens is 1. The SMILES string of the molecule is CCOC(=O)c1cc2c([nH]1)c(-c1ccc(N(CC)CC)cc1)cn2C. The molecule has 3 aromatic rings. The van der Waals surface area contributed by atoms with Crippen LogP contribution in [0.15, 0.2) is 36.5 Å². The summed E-state index contributed by atoms with van der Waals surface area (Å²) in [5.74, 6) is -0.318. The number of carbonyl (C=O) groups excluding carboxylic acids is 1. The minimum Gasteiger partial charge on any atom is -0.461 e. The first kappa shape index (κ1) is 17.1. The monoisotopic (exact) mass is 339 g/mol. The van der Waals surface area contributed by atoms with Gasteiger partial charge in [-0.1, -0.05) is 12.1 Å². The van der Waals surface area contributed by atoms with Crippen molar-refractivity contribution in [2.45, 2.75) is 20.8 Å². The molecule has 1 aromatic carbocycles. The fourth-order valence-corrected chi connectivity index (χ4v) is 3.23. The van der Waals surface area contributed by atoms with Gasteiger partial charge in [-0.05, 0) is 44.5 Å². The van der Waals surface area contributed by atoms with Crippen molar-refractivity contribution in [1.29, 1.82) is 0 Å². The normalized spacial score (nSPS) is 11.0. The average molecular weight is 339 g/mol. The lowest BCUT2D eigenvalue weighted by atomic mass is 10.1. The Hall–Kier alpha value is -2.69. The molecule has 25 heavy (non-hydrogen) atoms. The van der Waals surface area contributed by atoms with E-state index >= 15 is 0 Å². The highest BCUT2D eigenvalue weighted by molar-refractivity contribution is 6.00. The predicted octanol–water partition coefficient (Wildman–Crippen LogP) is 4.20. The Morgan fingerprint density at radius 3 is 2.44 bits per heavy atom. The Bertz CT molecular complexity index is 870. The molecule has 0 radical (unpaired) electrons. The zero-order valence-corrected chi connectivity index (χ0v) is 15.3. The van der Waals surface area contributed by atoms with Gasteiger partial charge in [-0.15, -0.1) is 0 Å². The fourth-order valence-electron chi connectivity index (χ4n) is 3.23. The van der Waals surface area contributed by atoms with Gasteiger partial charge in [0.15, 0.2) is 0 Å². The number of aromatic amines is 1. The second-order valence-corrected chi connectivity index (χ2v) is 6.04. The minimum atomic E-state index is -0.318. The number of rotatable bonds is 6. The molecule has 0 amide bonds. The van der Waals surface area contributed by atoms with Crippen LogP contribution in [0.2, 0.25) is 0 Å². The maximum Gasteiger partial charge on any atom is 0.354 e. The van der Waals surface area contributed by atoms with Crippen LogP contribution in [0.4, 0.5) is 5.69 Å². The Morgan fingerprint density at radius 2 is 1.84 bits per heavy atom. The highest BCUT2D eigenvalue weighted by Crippen LogP contribution is 2.31. The quantitative estimate of drug-likeness (QED) is 0.685. The van der Waals surface area contributed by atoms with Crippen LogP contribution >= 0.6 is 0 Å². The van der Waals surface area contributed by atoms with Crippen molar-refractivity contribution in [2.75, 3.05) is 24.6 Å². The van der Waals surface area contributed by atoms with Crippen LogP contribution in [-0.2, 0) is 11.8 Å². The van der Waals surface area contributed by atoms with E-state index in [1.165, 1.54) is 5.69 Å². The van der Waals surface area contributed by atoms with E-state index in [4.69, 9.17) is 4.74 Å². The van der Waals surface area contributed by atoms with Crippen molar-refractivity contribution < 1.29 is 9.53 Å². The lowest BCUT2D eigenvalue weighted by Gasteiger charge is -2.21. The number of nitrogens with one attached hydrogen (secondary N) is 1. The van der Waals surface area contributed by atoms with Crippen LogP contribution < -0.4 is 4.90 Å². The number of ether oxygens (including phenoxy) is 1. The topological polar surface area (TPSA) is 50.3 Å². The molecule has 132 valence electrons. The molecular weight excluding hydrogens is 314 g/mol. The number of aromatic nitrogens is 2. The van der Waals surface area contributed by atoms with Gasteiger partial charge in [0.2, 0.25) is 0 Å². The third-order valence-corrected chi connectivity index (χ3v) is 4.57. The largest absolute Gasteiger partial charge is 0.461 e. The van der Waals surface area contributed by atoms with Crippen molar-refractivity contribution in [1.82, 2.24) is 9.55 Å². The highest BCUT2D eigenvalue weighted by atomic mass is 16.5. The highest BCUT2D eigenvalue weighted by Gasteiger charge is 2.16. The van der Waals surface area contributed by atoms with Gasteiger partial charge in [-0.25, -0.2) is 4.79 Å². The van der Waals surface area contributed by atoms with Crippen LogP contribution in [0.5, 0.6) is 0 Å². The average Bonchev–Trinajstić information content (AvgIpc) is 3.18. The molecule has 1 N–H and O–H groups in total. The molecule has 2 aromatic heterocycles. The van der Waals surface area contributed by atoms with E-state index in [0.29, 0.717) is 12.3 Å². The molecule has 0 bridgehead atoms. The van der Waals surface area contributed by atoms with Gasteiger partial charge < -0.3 is 19.2 Å². The molecule has 3 rings (SSSR count). The van der Waals surface area contributed by atoms with Gasteiger partial charge in [0.05, 0.1) is 17.6 Å². The van der Waals surface area contributed by atoms with Gasteiger partial charge in [0, 0.05) is 37.6 Å². The Kier molecular flexibility index (Phi) is 4.83. The lowest BCUT2D eigenvalue weighted by Crippen LogP contribution is -2.21. The standard InChI is InChI=1S/C20H25N3O2/c1-5-23(6-2)15-10-8-14(9-11-15)16-13-22(4)18-12-17(21-19(16)18)20(24)25-7-3/h8-13,21H,5-7H2,1-4H3. The van der Waals surface area contributed by atoms with Crippen LogP contribution in [-0.4, -0.2) is 35.2 Å². The molecule has 0 saturated heterocycles. The first-order chi connectivity index (χ1) is 12.1. The number of carbonyl (C=O) groups is 1. The van der Waals surface area contributed by atoms with Crippen molar-refractivity contribution in [2.24, 2.45) is 7.05 Å². The summed E-state index contributed by atoms with van der Waals surface area (Å²) in [5.41, 5.74) is 5.87. The van der Waals surface area contributed by atoms with Crippen LogP contribution in [0, 0.1) is 0 Å². The van der Waals surface area contributed by atoms with Crippen molar-refractivity contribution in [3.05, 3.63) is 42.2 Å². The molecule has 5 nitrogen and oxygen atoms in total. The van der Waals surface area contributed by atoms with Gasteiger partial charge in [0.25, 0.3) is 0 Å². The third kappa shape index (κ3) is 3.14. The molecule has 2 heterocycles. The number of hydrogen-bond acceptors (Lipinski definition) is 3. The second kappa shape index (κ2) is 7.05. The molecular formula is C20H25N3O2. The zero-order chi connectivity index (χ0) is 18.0. The lowest BCUT2D eigenvalue weighted by molar-refractivity contribution is 0.0520. The van der Waals surface area contributed by atoms with E-state index in [1.54, 1.807) is 0 Å². The van der Waals surface area contributed by atoms with E-state index in [2.05, 4.69) is 54.2 Å². The summed E-state index contributed by atoms with van der Waals surface area (Å²) in [7, 11) is 1.98. The molecule has 0 aliphatic rings. The number of esters is 1. The molecule has 0 saturated carbocycles. The summed E-state index contributed by atoms with van der Waals surface area (Å²) in [4.78, 5) is 17.5. The van der Waals surface area contributed by atoms with Crippen molar-refractivity contribution in [3.63, 3.8) is 0 Å². The first-order valence-corrected chi connectivity index (χ1v) is 8.79. The van der Waals surface area contributed by atoms with E-state index in [-0.39, 0.29) is 5.97 Å². The zero-order valence-electron chi connectivity index (χ0n) is 15.3. The summed E-state index contributed by atoms with van der Waals surface area (Å²) in [6, 6.07) is 10.4. The van der Waals surface area contributed by atoms with Crippen molar-refractivity contribution >= 4 is 22.7 Å².